The Morgan fingerprint density at radius 3 is 2.51 bits per heavy atom. The van der Waals surface area contributed by atoms with Crippen molar-refractivity contribution >= 4 is 41.2 Å². The molecule has 0 atom stereocenters. The topological polar surface area (TPSA) is 75.5 Å². The van der Waals surface area contributed by atoms with Crippen LogP contribution in [0.25, 0.3) is 22.0 Å². The zero-order valence-corrected chi connectivity index (χ0v) is 21.6. The molecule has 0 spiro atoms. The fraction of sp³-hybridized carbons (Fsp3) is 0.259. The lowest BCUT2D eigenvalue weighted by molar-refractivity contribution is -0.137. The van der Waals surface area contributed by atoms with Crippen molar-refractivity contribution in [1.82, 2.24) is 14.5 Å². The molecule has 5 rings (SSSR count). The summed E-state index contributed by atoms with van der Waals surface area (Å²) in [6.07, 6.45) is 0.400. The fourth-order valence-corrected chi connectivity index (χ4v) is 6.00. The SMILES string of the molecule is C#CC(=O)N1CCN(c2nc(=O)n3c4c(c(-c5ccc(C)cc5F)c(C(F)(F)F)cc24)SCC3)CC1=C.C=O. The van der Waals surface area contributed by atoms with E-state index in [9.17, 15) is 22.8 Å². The highest BCUT2D eigenvalue weighted by atomic mass is 32.2. The number of carbonyl (C=O) groups excluding carboxylic acids is 2. The van der Waals surface area contributed by atoms with Crippen molar-refractivity contribution in [2.75, 3.05) is 30.3 Å². The summed E-state index contributed by atoms with van der Waals surface area (Å²) >= 11 is 1.15. The molecule has 202 valence electrons. The van der Waals surface area contributed by atoms with Gasteiger partial charge in [-0.3, -0.25) is 9.36 Å². The number of thioether (sulfide) groups is 1. The fourth-order valence-electron chi connectivity index (χ4n) is 4.80. The van der Waals surface area contributed by atoms with Gasteiger partial charge in [0.05, 0.1) is 17.6 Å². The number of alkyl halides is 3. The van der Waals surface area contributed by atoms with Gasteiger partial charge >= 0.3 is 17.8 Å². The lowest BCUT2D eigenvalue weighted by atomic mass is 9.95. The van der Waals surface area contributed by atoms with Crippen LogP contribution in [-0.4, -0.2) is 52.5 Å². The number of hydrogen-bond donors (Lipinski definition) is 0. The van der Waals surface area contributed by atoms with Crippen LogP contribution in [0.1, 0.15) is 11.1 Å². The summed E-state index contributed by atoms with van der Waals surface area (Å²) in [5.41, 5.74) is -0.917. The first-order valence-electron chi connectivity index (χ1n) is 11.6. The van der Waals surface area contributed by atoms with Gasteiger partial charge in [0, 0.05) is 52.5 Å². The minimum absolute atomic E-state index is 0.0388. The maximum absolute atomic E-state index is 15.0. The number of rotatable bonds is 2. The predicted octanol–water partition coefficient (Wildman–Crippen LogP) is 4.25. The van der Waals surface area contributed by atoms with Gasteiger partial charge in [0.2, 0.25) is 0 Å². The molecule has 1 aromatic heterocycles. The third-order valence-electron chi connectivity index (χ3n) is 6.48. The number of carbonyl (C=O) groups is 2. The molecule has 0 radical (unpaired) electrons. The molecule has 1 amide bonds. The molecule has 1 saturated heterocycles. The third-order valence-corrected chi connectivity index (χ3v) is 7.55. The zero-order chi connectivity index (χ0) is 28.6. The molecule has 1 fully saturated rings. The van der Waals surface area contributed by atoms with Gasteiger partial charge in [0.1, 0.15) is 18.4 Å². The number of terminal acetylenes is 1. The number of aromatic nitrogens is 2. The van der Waals surface area contributed by atoms with E-state index in [-0.39, 0.29) is 58.9 Å². The van der Waals surface area contributed by atoms with Crippen molar-refractivity contribution in [3.63, 3.8) is 0 Å². The van der Waals surface area contributed by atoms with Gasteiger partial charge in [0.15, 0.2) is 0 Å². The van der Waals surface area contributed by atoms with Gasteiger partial charge in [-0.15, -0.1) is 18.2 Å². The second-order valence-corrected chi connectivity index (χ2v) is 9.92. The maximum atomic E-state index is 15.0. The summed E-state index contributed by atoms with van der Waals surface area (Å²) in [7, 11) is 0. The predicted molar refractivity (Wildman–Crippen MR) is 141 cm³/mol. The molecular formula is C27H22F4N4O3S. The van der Waals surface area contributed by atoms with E-state index in [0.29, 0.717) is 17.0 Å². The first kappa shape index (κ1) is 27.9. The van der Waals surface area contributed by atoms with Crippen LogP contribution >= 0.6 is 11.8 Å². The van der Waals surface area contributed by atoms with Crippen LogP contribution in [0.2, 0.25) is 0 Å². The van der Waals surface area contributed by atoms with Crippen LogP contribution in [-0.2, 0) is 22.3 Å². The van der Waals surface area contributed by atoms with Crippen molar-refractivity contribution < 1.29 is 27.2 Å². The van der Waals surface area contributed by atoms with E-state index in [1.165, 1.54) is 21.6 Å². The van der Waals surface area contributed by atoms with E-state index >= 15 is 4.39 Å². The van der Waals surface area contributed by atoms with E-state index in [1.807, 2.05) is 12.7 Å². The Balaban J connectivity index is 0.00000172. The normalized spacial score (nSPS) is 15.0. The Morgan fingerprint density at radius 2 is 1.90 bits per heavy atom. The third kappa shape index (κ3) is 4.90. The molecule has 0 aliphatic carbocycles. The van der Waals surface area contributed by atoms with Gasteiger partial charge in [-0.05, 0) is 30.5 Å². The van der Waals surface area contributed by atoms with Crippen LogP contribution in [0.4, 0.5) is 23.4 Å². The summed E-state index contributed by atoms with van der Waals surface area (Å²) in [6.45, 7) is 8.11. The van der Waals surface area contributed by atoms with Crippen LogP contribution in [0.5, 0.6) is 0 Å². The molecule has 2 aliphatic heterocycles. The maximum Gasteiger partial charge on any atom is 0.417 e. The monoisotopic (exact) mass is 558 g/mol. The molecule has 3 aromatic rings. The Kier molecular flexibility index (Phi) is 7.57. The standard InChI is InChI=1S/C26H20F4N4O2S.CH2O/c1-4-20(35)33-8-7-32(13-15(33)3)24-17-12-18(26(28,29)30)21(16-6-5-14(2)11-19(16)27)23-22(17)34(9-10-37-23)25(36)31-24;1-2/h1,5-6,11-12H,3,7-10,13H2,2H3;1H2. The first-order chi connectivity index (χ1) is 18.5. The number of amides is 1. The minimum atomic E-state index is -4.81. The van der Waals surface area contributed by atoms with E-state index in [2.05, 4.69) is 11.6 Å². The largest absolute Gasteiger partial charge is 0.417 e. The average Bonchev–Trinajstić information content (AvgIpc) is 2.90. The Bertz CT molecular complexity index is 1610. The smallest absolute Gasteiger partial charge is 0.348 e. The van der Waals surface area contributed by atoms with Gasteiger partial charge in [-0.25, -0.2) is 9.18 Å². The summed E-state index contributed by atoms with van der Waals surface area (Å²) < 4.78 is 59.9. The van der Waals surface area contributed by atoms with E-state index in [0.717, 1.165) is 17.8 Å². The van der Waals surface area contributed by atoms with Crippen LogP contribution in [0.3, 0.4) is 0 Å². The average molecular weight is 559 g/mol. The molecule has 0 N–H and O–H groups in total. The van der Waals surface area contributed by atoms with Crippen molar-refractivity contribution in [3.05, 3.63) is 64.0 Å². The molecule has 12 heteroatoms. The van der Waals surface area contributed by atoms with E-state index in [4.69, 9.17) is 11.2 Å². The molecule has 39 heavy (non-hydrogen) atoms. The van der Waals surface area contributed by atoms with Crippen molar-refractivity contribution in [1.29, 1.82) is 0 Å². The quantitative estimate of drug-likeness (QED) is 0.346. The summed E-state index contributed by atoms with van der Waals surface area (Å²) in [5, 5.41) is 0.120. The molecule has 0 saturated carbocycles. The van der Waals surface area contributed by atoms with Crippen LogP contribution < -0.4 is 10.6 Å². The van der Waals surface area contributed by atoms with Crippen LogP contribution in [0, 0.1) is 25.1 Å². The van der Waals surface area contributed by atoms with Gasteiger partial charge in [-0.1, -0.05) is 18.7 Å². The molecule has 2 aromatic carbocycles. The highest BCUT2D eigenvalue weighted by Crippen LogP contribution is 2.49. The number of hydrogen-bond acceptors (Lipinski definition) is 6. The number of anilines is 1. The molecular weight excluding hydrogens is 536 g/mol. The van der Waals surface area contributed by atoms with Gasteiger partial charge in [-0.2, -0.15) is 18.2 Å². The van der Waals surface area contributed by atoms with E-state index in [1.54, 1.807) is 17.9 Å². The van der Waals surface area contributed by atoms with Gasteiger partial charge < -0.3 is 14.6 Å². The minimum Gasteiger partial charge on any atom is -0.348 e. The van der Waals surface area contributed by atoms with Crippen molar-refractivity contribution in [2.45, 2.75) is 24.5 Å². The number of benzene rings is 2. The molecule has 3 heterocycles. The molecule has 2 aliphatic rings. The molecule has 0 unspecified atom stereocenters. The summed E-state index contributed by atoms with van der Waals surface area (Å²) in [4.78, 5) is 40.3. The summed E-state index contributed by atoms with van der Waals surface area (Å²) in [5.74, 6) is 1.05. The highest BCUT2D eigenvalue weighted by molar-refractivity contribution is 7.99. The summed E-state index contributed by atoms with van der Waals surface area (Å²) in [6, 6.07) is 5.02. The number of piperazine rings is 1. The van der Waals surface area contributed by atoms with Gasteiger partial charge in [0.25, 0.3) is 0 Å². The lowest BCUT2D eigenvalue weighted by Crippen LogP contribution is -2.47. The van der Waals surface area contributed by atoms with Crippen LogP contribution in [0.15, 0.2) is 46.2 Å². The Hall–Kier alpha value is -4.11. The Morgan fingerprint density at radius 1 is 1.18 bits per heavy atom. The van der Waals surface area contributed by atoms with Crippen molar-refractivity contribution in [2.24, 2.45) is 0 Å². The highest BCUT2D eigenvalue weighted by Gasteiger charge is 2.39. The number of halogens is 4. The number of aryl methyl sites for hydroxylation is 2. The molecule has 0 bridgehead atoms. The number of nitrogens with zero attached hydrogens (tertiary/aromatic N) is 4. The first-order valence-corrected chi connectivity index (χ1v) is 12.6. The second kappa shape index (κ2) is 10.6. The zero-order valence-electron chi connectivity index (χ0n) is 20.8. The second-order valence-electron chi connectivity index (χ2n) is 8.81. The van der Waals surface area contributed by atoms with Crippen molar-refractivity contribution in [3.8, 4) is 23.5 Å². The Labute approximate surface area is 225 Å². The van der Waals surface area contributed by atoms with E-state index < -0.39 is 29.2 Å². The lowest BCUT2D eigenvalue weighted by Gasteiger charge is -2.37. The molecule has 7 nitrogen and oxygen atoms in total.